The van der Waals surface area contributed by atoms with Crippen LogP contribution in [0.2, 0.25) is 0 Å². The van der Waals surface area contributed by atoms with Crippen molar-refractivity contribution in [3.8, 4) is 0 Å². The summed E-state index contributed by atoms with van der Waals surface area (Å²) in [5, 5.41) is 3.50. The van der Waals surface area contributed by atoms with Crippen LogP contribution < -0.4 is 0 Å². The van der Waals surface area contributed by atoms with Crippen LogP contribution >= 0.6 is 0 Å². The van der Waals surface area contributed by atoms with E-state index in [1.807, 2.05) is 20.8 Å². The molecule has 0 spiro atoms. The Bertz CT molecular complexity index is 330. The third-order valence-electron chi connectivity index (χ3n) is 2.50. The van der Waals surface area contributed by atoms with Crippen LogP contribution in [0, 0.1) is 28.4 Å². The van der Waals surface area contributed by atoms with Gasteiger partial charge in [0.25, 0.3) is 0 Å². The number of hydrogen-bond donors (Lipinski definition) is 0. The van der Waals surface area contributed by atoms with E-state index >= 15 is 0 Å². The van der Waals surface area contributed by atoms with Gasteiger partial charge in [0.2, 0.25) is 0 Å². The predicted molar refractivity (Wildman–Crippen MR) is 104 cm³/mol. The van der Waals surface area contributed by atoms with Crippen LogP contribution in [0.1, 0.15) is 83.1 Å². The predicted octanol–water partition coefficient (Wildman–Crippen LogP) is 7.25. The Hall–Kier alpha value is 0.544. The van der Waals surface area contributed by atoms with Gasteiger partial charge in [-0.05, 0) is 0 Å². The molecule has 0 atom stereocenters. The van der Waals surface area contributed by atoms with Gasteiger partial charge in [0.05, 0.1) is 0 Å². The van der Waals surface area contributed by atoms with Crippen LogP contribution in [0.25, 0.3) is 5.32 Å². The van der Waals surface area contributed by atoms with E-state index in [0.29, 0.717) is 0 Å². The summed E-state index contributed by atoms with van der Waals surface area (Å²) in [5.74, 6) is 0. The Morgan fingerprint density at radius 3 is 1.09 bits per heavy atom. The quantitative estimate of drug-likeness (QED) is 0.327. The SMILES string of the molecule is CC.C[C-]=C(C(=[C-]C(C)(C)C)C(C)(C)C)C(C)(C)C.C[N-]C.[Y+3]. The van der Waals surface area contributed by atoms with Crippen molar-refractivity contribution in [2.75, 3.05) is 14.1 Å². The molecule has 0 radical (unpaired) electrons. The minimum absolute atomic E-state index is 0. The van der Waals surface area contributed by atoms with Gasteiger partial charge in [0, 0.05) is 0 Å². The number of hydrogen-bond acceptors (Lipinski definition) is 0. The zero-order valence-electron chi connectivity index (χ0n) is 18.5. The molecule has 0 N–H and O–H groups in total. The molecule has 1 nitrogen and oxygen atoms in total. The maximum Gasteiger partial charge on any atom is 3.00 e. The molecule has 0 aliphatic rings. The molecular weight excluding hydrogens is 355 g/mol. The summed E-state index contributed by atoms with van der Waals surface area (Å²) in [4.78, 5) is 0. The molecule has 0 aliphatic carbocycles. The molecule has 0 aromatic heterocycles. The Balaban J connectivity index is -0.000000267. The molecule has 0 aromatic rings. The molecule has 23 heavy (non-hydrogen) atoms. The van der Waals surface area contributed by atoms with Crippen LogP contribution in [0.3, 0.4) is 0 Å². The minimum atomic E-state index is 0. The second-order valence-electron chi connectivity index (χ2n) is 8.32. The van der Waals surface area contributed by atoms with E-state index in [0.717, 1.165) is 0 Å². The van der Waals surface area contributed by atoms with Crippen LogP contribution in [0.5, 0.6) is 0 Å². The molecule has 0 bridgehead atoms. The first-order valence-corrected chi connectivity index (χ1v) is 8.39. The largest absolute Gasteiger partial charge is 3.00 e. The minimum Gasteiger partial charge on any atom is -0.668 e. The van der Waals surface area contributed by atoms with Crippen LogP contribution in [-0.2, 0) is 32.7 Å². The molecule has 0 saturated carbocycles. The molecule has 0 fully saturated rings. The Morgan fingerprint density at radius 2 is 0.957 bits per heavy atom. The van der Waals surface area contributed by atoms with Crippen molar-refractivity contribution in [2.45, 2.75) is 83.1 Å². The van der Waals surface area contributed by atoms with E-state index in [9.17, 15) is 0 Å². The smallest absolute Gasteiger partial charge is 0.668 e. The summed E-state index contributed by atoms with van der Waals surface area (Å²) in [5.41, 5.74) is 2.91. The van der Waals surface area contributed by atoms with E-state index in [-0.39, 0.29) is 49.0 Å². The summed E-state index contributed by atoms with van der Waals surface area (Å²) >= 11 is 0. The van der Waals surface area contributed by atoms with Crippen LogP contribution in [0.15, 0.2) is 11.1 Å². The second-order valence-corrected chi connectivity index (χ2v) is 8.32. The number of allylic oxidation sites excluding steroid dienone is 4. The maximum atomic E-state index is 3.67. The maximum absolute atomic E-state index is 3.67. The fourth-order valence-corrected chi connectivity index (χ4v) is 1.88. The first-order valence-electron chi connectivity index (χ1n) is 8.39. The summed E-state index contributed by atoms with van der Waals surface area (Å²) in [7, 11) is 3.50. The van der Waals surface area contributed by atoms with E-state index in [4.69, 9.17) is 0 Å². The second kappa shape index (κ2) is 13.8. The van der Waals surface area contributed by atoms with Gasteiger partial charge in [-0.25, -0.2) is 0 Å². The summed E-state index contributed by atoms with van der Waals surface area (Å²) < 4.78 is 0. The van der Waals surface area contributed by atoms with E-state index in [1.54, 1.807) is 14.1 Å². The molecule has 2 heteroatoms. The first kappa shape index (κ1) is 31.3. The van der Waals surface area contributed by atoms with Crippen LogP contribution in [0.4, 0.5) is 0 Å². The van der Waals surface area contributed by atoms with Gasteiger partial charge in [0.15, 0.2) is 0 Å². The Morgan fingerprint density at radius 1 is 0.696 bits per heavy atom. The van der Waals surface area contributed by atoms with Crippen molar-refractivity contribution < 1.29 is 32.7 Å². The zero-order valence-corrected chi connectivity index (χ0v) is 21.4. The van der Waals surface area contributed by atoms with Gasteiger partial charge in [-0.3, -0.25) is 0 Å². The van der Waals surface area contributed by atoms with Gasteiger partial charge < -0.3 is 28.6 Å². The molecule has 0 saturated heterocycles. The van der Waals surface area contributed by atoms with Crippen molar-refractivity contribution in [3.63, 3.8) is 0 Å². The van der Waals surface area contributed by atoms with Crippen LogP contribution in [-0.4, -0.2) is 14.1 Å². The molecule has 0 unspecified atom stereocenters. The van der Waals surface area contributed by atoms with Crippen molar-refractivity contribution in [2.24, 2.45) is 16.2 Å². The van der Waals surface area contributed by atoms with Gasteiger partial charge in [-0.1, -0.05) is 76.2 Å². The third kappa shape index (κ3) is 17.2. The van der Waals surface area contributed by atoms with Crippen molar-refractivity contribution in [1.29, 1.82) is 0 Å². The van der Waals surface area contributed by atoms with E-state index < -0.39 is 0 Å². The molecule has 0 aromatic carbocycles. The van der Waals surface area contributed by atoms with Crippen molar-refractivity contribution >= 4 is 0 Å². The normalized spacial score (nSPS) is 13.1. The summed E-state index contributed by atoms with van der Waals surface area (Å²) in [6.07, 6.45) is 7.06. The molecule has 134 valence electrons. The van der Waals surface area contributed by atoms with Gasteiger partial charge in [0.1, 0.15) is 0 Å². The molecule has 0 heterocycles. The van der Waals surface area contributed by atoms with Crippen molar-refractivity contribution in [1.82, 2.24) is 0 Å². The topological polar surface area (TPSA) is 14.1 Å². The average molecular weight is 397 g/mol. The summed E-state index contributed by atoms with van der Waals surface area (Å²) in [6.45, 7) is 26.1. The third-order valence-corrected chi connectivity index (χ3v) is 2.50. The van der Waals surface area contributed by atoms with Crippen molar-refractivity contribution in [3.05, 3.63) is 28.6 Å². The molecule has 0 aliphatic heterocycles. The Kier molecular flexibility index (Phi) is 18.8. The fourth-order valence-electron chi connectivity index (χ4n) is 1.88. The zero-order chi connectivity index (χ0) is 18.8. The molecule has 0 rings (SSSR count). The molecule has 0 amide bonds. The fraction of sp³-hybridized carbons (Fsp3) is 0.810. The Labute approximate surface area is 174 Å². The number of nitrogens with zero attached hydrogens (tertiary/aromatic N) is 1. The number of rotatable bonds is 1. The van der Waals surface area contributed by atoms with Gasteiger partial charge in [-0.2, -0.15) is 14.1 Å². The standard InChI is InChI=1S/C17H30.C2H6N.C2H6.Y/c1-11-13(16(5,6)7)14(17(8,9)10)12-15(2,3)4;1-3-2;1-2;/h1-10H3;1-2H3;1-2H3;/q-2;-1;;+3. The van der Waals surface area contributed by atoms with Gasteiger partial charge >= 0.3 is 32.7 Å². The van der Waals surface area contributed by atoms with E-state index in [1.165, 1.54) is 11.1 Å². The monoisotopic (exact) mass is 397 g/mol. The average Bonchev–Trinajstić information content (AvgIpc) is 2.27. The van der Waals surface area contributed by atoms with Gasteiger partial charge in [-0.15, -0.1) is 23.2 Å². The molecular formula is C21H42NY. The first-order chi connectivity index (χ1) is 9.70. The summed E-state index contributed by atoms with van der Waals surface area (Å²) in [6, 6.07) is 0. The van der Waals surface area contributed by atoms with E-state index in [2.05, 4.69) is 79.8 Å².